The van der Waals surface area contributed by atoms with E-state index in [-0.39, 0.29) is 12.4 Å². The minimum Gasteiger partial charge on any atom is -0.395 e. The van der Waals surface area contributed by atoms with Gasteiger partial charge in [-0.25, -0.2) is 13.1 Å². The lowest BCUT2D eigenvalue weighted by Crippen LogP contribution is -2.33. The highest BCUT2D eigenvalue weighted by atomic mass is 32.2. The van der Waals surface area contributed by atoms with Gasteiger partial charge >= 0.3 is 0 Å². The molecule has 0 aromatic heterocycles. The SMILES string of the molecule is O=S(=O)(CCO)NCC1CCSCC1. The molecular weight excluding hydrogens is 222 g/mol. The molecule has 0 bridgehead atoms. The zero-order valence-electron chi connectivity index (χ0n) is 8.11. The predicted octanol–water partition coefficient (Wildman–Crippen LogP) is 0.0413. The van der Waals surface area contributed by atoms with Crippen LogP contribution in [0.5, 0.6) is 0 Å². The molecule has 0 spiro atoms. The second-order valence-corrected chi connectivity index (χ2v) is 6.60. The molecule has 1 aliphatic heterocycles. The van der Waals surface area contributed by atoms with Crippen molar-refractivity contribution in [3.63, 3.8) is 0 Å². The maximum absolute atomic E-state index is 11.2. The summed E-state index contributed by atoms with van der Waals surface area (Å²) in [6.07, 6.45) is 2.18. The van der Waals surface area contributed by atoms with E-state index in [4.69, 9.17) is 5.11 Å². The minimum atomic E-state index is -3.24. The highest BCUT2D eigenvalue weighted by molar-refractivity contribution is 7.99. The van der Waals surface area contributed by atoms with Crippen LogP contribution >= 0.6 is 11.8 Å². The lowest BCUT2D eigenvalue weighted by Gasteiger charge is -2.21. The fourth-order valence-electron chi connectivity index (χ4n) is 1.39. The summed E-state index contributed by atoms with van der Waals surface area (Å²) >= 11 is 1.93. The summed E-state index contributed by atoms with van der Waals surface area (Å²) < 4.78 is 24.9. The fraction of sp³-hybridized carbons (Fsp3) is 1.00. The Hall–Kier alpha value is 0.220. The number of hydrogen-bond donors (Lipinski definition) is 2. The molecule has 4 nitrogen and oxygen atoms in total. The largest absolute Gasteiger partial charge is 0.395 e. The molecule has 0 aliphatic carbocycles. The lowest BCUT2D eigenvalue weighted by atomic mass is 10.0. The normalized spacial score (nSPS) is 19.8. The Kier molecular flexibility index (Phi) is 5.22. The van der Waals surface area contributed by atoms with Gasteiger partial charge in [0.05, 0.1) is 12.4 Å². The number of nitrogens with one attached hydrogen (secondary N) is 1. The second-order valence-electron chi connectivity index (χ2n) is 3.45. The molecule has 0 atom stereocenters. The third-order valence-corrected chi connectivity index (χ3v) is 4.67. The summed E-state index contributed by atoms with van der Waals surface area (Å²) in [6, 6.07) is 0. The first-order valence-corrected chi connectivity index (χ1v) is 7.60. The van der Waals surface area contributed by atoms with Crippen LogP contribution in [-0.2, 0) is 10.0 Å². The van der Waals surface area contributed by atoms with E-state index >= 15 is 0 Å². The van der Waals surface area contributed by atoms with Gasteiger partial charge in [0.2, 0.25) is 10.0 Å². The van der Waals surface area contributed by atoms with Crippen molar-refractivity contribution in [3.8, 4) is 0 Å². The molecule has 0 radical (unpaired) electrons. The van der Waals surface area contributed by atoms with Gasteiger partial charge in [0, 0.05) is 6.54 Å². The maximum Gasteiger partial charge on any atom is 0.213 e. The van der Waals surface area contributed by atoms with E-state index in [1.807, 2.05) is 11.8 Å². The average molecular weight is 239 g/mol. The molecule has 84 valence electrons. The van der Waals surface area contributed by atoms with Crippen LogP contribution < -0.4 is 4.72 Å². The van der Waals surface area contributed by atoms with Gasteiger partial charge in [-0.2, -0.15) is 11.8 Å². The fourth-order valence-corrected chi connectivity index (χ4v) is 3.47. The molecule has 1 fully saturated rings. The molecule has 6 heteroatoms. The molecule has 1 heterocycles. The summed E-state index contributed by atoms with van der Waals surface area (Å²) in [4.78, 5) is 0. The molecule has 2 N–H and O–H groups in total. The summed E-state index contributed by atoms with van der Waals surface area (Å²) in [7, 11) is -3.24. The van der Waals surface area contributed by atoms with E-state index in [2.05, 4.69) is 4.72 Å². The molecule has 0 amide bonds. The average Bonchev–Trinajstić information content (AvgIpc) is 2.17. The Morgan fingerprint density at radius 3 is 2.57 bits per heavy atom. The van der Waals surface area contributed by atoms with Crippen LogP contribution in [-0.4, -0.2) is 43.9 Å². The van der Waals surface area contributed by atoms with Crippen molar-refractivity contribution in [1.29, 1.82) is 0 Å². The topological polar surface area (TPSA) is 66.4 Å². The van der Waals surface area contributed by atoms with E-state index in [9.17, 15) is 8.42 Å². The van der Waals surface area contributed by atoms with Crippen LogP contribution in [0.4, 0.5) is 0 Å². The van der Waals surface area contributed by atoms with Crippen LogP contribution in [0, 0.1) is 5.92 Å². The monoisotopic (exact) mass is 239 g/mol. The standard InChI is InChI=1S/C8H17NO3S2/c10-3-6-14(11,12)9-7-8-1-4-13-5-2-8/h8-10H,1-7H2. The molecular formula is C8H17NO3S2. The molecule has 1 saturated heterocycles. The molecule has 0 aromatic rings. The van der Waals surface area contributed by atoms with Crippen LogP contribution in [0.25, 0.3) is 0 Å². The van der Waals surface area contributed by atoms with Crippen molar-refractivity contribution in [1.82, 2.24) is 4.72 Å². The number of aliphatic hydroxyl groups excluding tert-OH is 1. The Bertz CT molecular complexity index is 247. The van der Waals surface area contributed by atoms with Gasteiger partial charge in [0.15, 0.2) is 0 Å². The number of thioether (sulfide) groups is 1. The third kappa shape index (κ3) is 4.63. The van der Waals surface area contributed by atoms with Crippen molar-refractivity contribution in [2.24, 2.45) is 5.92 Å². The second kappa shape index (κ2) is 5.95. The minimum absolute atomic E-state index is 0.186. The molecule has 1 aliphatic rings. The van der Waals surface area contributed by atoms with Gasteiger partial charge in [-0.3, -0.25) is 0 Å². The predicted molar refractivity (Wildman–Crippen MR) is 58.9 cm³/mol. The highest BCUT2D eigenvalue weighted by Gasteiger charge is 2.16. The quantitative estimate of drug-likeness (QED) is 0.711. The van der Waals surface area contributed by atoms with Gasteiger partial charge in [-0.05, 0) is 30.3 Å². The van der Waals surface area contributed by atoms with Gasteiger partial charge in [0.25, 0.3) is 0 Å². The molecule has 0 aromatic carbocycles. The molecule has 1 rings (SSSR count). The summed E-state index contributed by atoms with van der Waals surface area (Å²) in [6.45, 7) is 0.221. The van der Waals surface area contributed by atoms with Crippen molar-refractivity contribution >= 4 is 21.8 Å². The molecule has 0 unspecified atom stereocenters. The Balaban J connectivity index is 2.24. The first-order chi connectivity index (χ1) is 6.64. The summed E-state index contributed by atoms with van der Waals surface area (Å²) in [5, 5.41) is 8.52. The molecule has 0 saturated carbocycles. The molecule has 14 heavy (non-hydrogen) atoms. The van der Waals surface area contributed by atoms with Crippen LogP contribution in [0.15, 0.2) is 0 Å². The van der Waals surface area contributed by atoms with E-state index in [0.717, 1.165) is 24.3 Å². The van der Waals surface area contributed by atoms with E-state index in [1.54, 1.807) is 0 Å². The summed E-state index contributed by atoms with van der Waals surface area (Å²) in [5.74, 6) is 2.55. The van der Waals surface area contributed by atoms with Gasteiger partial charge < -0.3 is 5.11 Å². The number of hydrogen-bond acceptors (Lipinski definition) is 4. The smallest absolute Gasteiger partial charge is 0.213 e. The van der Waals surface area contributed by atoms with Gasteiger partial charge in [-0.1, -0.05) is 0 Å². The van der Waals surface area contributed by atoms with E-state index < -0.39 is 10.0 Å². The Morgan fingerprint density at radius 1 is 1.36 bits per heavy atom. The Labute approximate surface area is 89.5 Å². The van der Waals surface area contributed by atoms with Gasteiger partial charge in [0.1, 0.15) is 0 Å². The van der Waals surface area contributed by atoms with Crippen molar-refractivity contribution in [3.05, 3.63) is 0 Å². The maximum atomic E-state index is 11.2. The number of rotatable bonds is 5. The summed E-state index contributed by atoms with van der Waals surface area (Å²) in [5.41, 5.74) is 0. The van der Waals surface area contributed by atoms with Crippen LogP contribution in [0.2, 0.25) is 0 Å². The van der Waals surface area contributed by atoms with Crippen molar-refractivity contribution in [2.75, 3.05) is 30.4 Å². The van der Waals surface area contributed by atoms with Crippen LogP contribution in [0.3, 0.4) is 0 Å². The van der Waals surface area contributed by atoms with E-state index in [1.165, 1.54) is 0 Å². The zero-order valence-corrected chi connectivity index (χ0v) is 9.74. The van der Waals surface area contributed by atoms with E-state index in [0.29, 0.717) is 12.5 Å². The number of sulfonamides is 1. The van der Waals surface area contributed by atoms with Gasteiger partial charge in [-0.15, -0.1) is 0 Å². The lowest BCUT2D eigenvalue weighted by molar-refractivity contribution is 0.319. The van der Waals surface area contributed by atoms with Crippen molar-refractivity contribution in [2.45, 2.75) is 12.8 Å². The Morgan fingerprint density at radius 2 is 2.00 bits per heavy atom. The third-order valence-electron chi connectivity index (χ3n) is 2.29. The highest BCUT2D eigenvalue weighted by Crippen LogP contribution is 2.21. The number of aliphatic hydroxyl groups is 1. The van der Waals surface area contributed by atoms with Crippen LogP contribution in [0.1, 0.15) is 12.8 Å². The first kappa shape index (κ1) is 12.3. The zero-order chi connectivity index (χ0) is 10.4. The first-order valence-electron chi connectivity index (χ1n) is 4.80. The van der Waals surface area contributed by atoms with Crippen molar-refractivity contribution < 1.29 is 13.5 Å².